The summed E-state index contributed by atoms with van der Waals surface area (Å²) in [5.41, 5.74) is 0. The number of hydrogen-bond donors (Lipinski definition) is 3. The van der Waals surface area contributed by atoms with E-state index in [1.165, 1.54) is 186 Å². The van der Waals surface area contributed by atoms with Gasteiger partial charge in [0.25, 0.3) is 0 Å². The third-order valence-electron chi connectivity index (χ3n) is 13.2. The molecule has 1 amide bonds. The van der Waals surface area contributed by atoms with Crippen LogP contribution in [0, 0.1) is 0 Å². The quantitative estimate of drug-likeness (QED) is 0.0321. The number of carbonyl (C=O) groups is 2. The van der Waals surface area contributed by atoms with Crippen LogP contribution < -0.4 is 5.32 Å². The molecule has 0 spiro atoms. The lowest BCUT2D eigenvalue weighted by molar-refractivity contribution is -0.151. The van der Waals surface area contributed by atoms with Crippen molar-refractivity contribution in [2.24, 2.45) is 0 Å². The number of ether oxygens (including phenoxy) is 1. The molecular formula is C59H111NO5. The molecule has 0 radical (unpaired) electrons. The average molecular weight is 915 g/mol. The van der Waals surface area contributed by atoms with E-state index in [9.17, 15) is 19.8 Å². The minimum atomic E-state index is -0.789. The van der Waals surface area contributed by atoms with Crippen LogP contribution in [0.4, 0.5) is 0 Å². The Labute approximate surface area is 404 Å². The van der Waals surface area contributed by atoms with Gasteiger partial charge < -0.3 is 20.3 Å². The number of nitrogens with one attached hydrogen (secondary N) is 1. The van der Waals surface area contributed by atoms with Crippen molar-refractivity contribution >= 4 is 11.9 Å². The third-order valence-corrected chi connectivity index (χ3v) is 13.2. The van der Waals surface area contributed by atoms with Gasteiger partial charge in [-0.15, -0.1) is 0 Å². The third kappa shape index (κ3) is 48.3. The van der Waals surface area contributed by atoms with Gasteiger partial charge in [-0.3, -0.25) is 9.59 Å². The second kappa shape index (κ2) is 53.0. The standard InChI is InChI=1S/C59H111NO5/c1-4-7-10-13-16-19-22-25-28-29-31-34-37-40-43-46-49-52-59(64)65-55(50-47-44-41-38-35-32-30-26-23-20-17-14-11-8-5-2)53-58(63)60-56(54-61)57(62)51-48-45-42-39-36-33-27-24-21-18-15-12-9-6-3/h16,19,25,28,31,34,55-57,61-62H,4-15,17-18,20-24,26-27,29-30,32-33,35-54H2,1-3H3,(H,60,63)/b19-16-,28-25-,34-31-. The van der Waals surface area contributed by atoms with Crippen molar-refractivity contribution in [1.82, 2.24) is 5.32 Å². The Hall–Kier alpha value is -1.92. The molecule has 0 aromatic heterocycles. The number of unbranched alkanes of at least 4 members (excludes halogenated alkanes) is 34. The Bertz CT molecular complexity index is 1070. The molecule has 0 aromatic rings. The lowest BCUT2D eigenvalue weighted by Crippen LogP contribution is -2.46. The predicted molar refractivity (Wildman–Crippen MR) is 282 cm³/mol. The zero-order chi connectivity index (χ0) is 47.4. The van der Waals surface area contributed by atoms with E-state index in [4.69, 9.17) is 4.74 Å². The molecule has 0 saturated heterocycles. The Morgan fingerprint density at radius 2 is 0.785 bits per heavy atom. The predicted octanol–water partition coefficient (Wildman–Crippen LogP) is 17.6. The molecule has 6 nitrogen and oxygen atoms in total. The second-order valence-corrected chi connectivity index (χ2v) is 19.7. The van der Waals surface area contributed by atoms with E-state index in [1.54, 1.807) is 0 Å². The van der Waals surface area contributed by atoms with Crippen molar-refractivity contribution in [1.29, 1.82) is 0 Å². The van der Waals surface area contributed by atoms with E-state index < -0.39 is 18.2 Å². The summed E-state index contributed by atoms with van der Waals surface area (Å²) >= 11 is 0. The van der Waals surface area contributed by atoms with Crippen LogP contribution in [0.3, 0.4) is 0 Å². The normalized spacial score (nSPS) is 13.4. The molecule has 3 N–H and O–H groups in total. The first-order chi connectivity index (χ1) is 32.0. The number of aliphatic hydroxyl groups is 2. The maximum Gasteiger partial charge on any atom is 0.306 e. The van der Waals surface area contributed by atoms with E-state index in [0.29, 0.717) is 19.3 Å². The molecule has 0 saturated carbocycles. The fourth-order valence-electron chi connectivity index (χ4n) is 8.85. The molecule has 0 heterocycles. The molecule has 0 aliphatic rings. The van der Waals surface area contributed by atoms with Crippen molar-refractivity contribution < 1.29 is 24.5 Å². The fraction of sp³-hybridized carbons (Fsp3) is 0.864. The summed E-state index contributed by atoms with van der Waals surface area (Å²) in [4.78, 5) is 26.3. The summed E-state index contributed by atoms with van der Waals surface area (Å²) < 4.78 is 5.96. The van der Waals surface area contributed by atoms with Gasteiger partial charge in [-0.2, -0.15) is 0 Å². The number of hydrogen-bond acceptors (Lipinski definition) is 5. The summed E-state index contributed by atoms with van der Waals surface area (Å²) in [7, 11) is 0. The van der Waals surface area contributed by atoms with Gasteiger partial charge in [-0.25, -0.2) is 0 Å². The summed E-state index contributed by atoms with van der Waals surface area (Å²) in [5, 5.41) is 23.9. The Balaban J connectivity index is 4.57. The van der Waals surface area contributed by atoms with Gasteiger partial charge in [-0.05, 0) is 64.2 Å². The Morgan fingerprint density at radius 1 is 0.446 bits per heavy atom. The number of esters is 1. The average Bonchev–Trinajstić information content (AvgIpc) is 3.30. The lowest BCUT2D eigenvalue weighted by Gasteiger charge is -2.24. The first-order valence-corrected chi connectivity index (χ1v) is 28.7. The monoisotopic (exact) mass is 914 g/mol. The highest BCUT2D eigenvalue weighted by atomic mass is 16.5. The first kappa shape index (κ1) is 63.1. The number of carbonyl (C=O) groups excluding carboxylic acids is 2. The SMILES string of the molecule is CCCCC/C=C\C/C=C\C/C=C\CCCCCCC(=O)OC(CCCCCCCCCCCCCCCCC)CC(=O)NC(CO)C(O)CCCCCCCCCCCCCCCC. The zero-order valence-electron chi connectivity index (χ0n) is 43.6. The summed E-state index contributed by atoms with van der Waals surface area (Å²) in [6.07, 6.45) is 63.4. The van der Waals surface area contributed by atoms with Crippen molar-refractivity contribution in [3.63, 3.8) is 0 Å². The largest absolute Gasteiger partial charge is 0.462 e. The highest BCUT2D eigenvalue weighted by Crippen LogP contribution is 2.19. The maximum absolute atomic E-state index is 13.3. The van der Waals surface area contributed by atoms with Crippen LogP contribution >= 0.6 is 0 Å². The first-order valence-electron chi connectivity index (χ1n) is 28.7. The van der Waals surface area contributed by atoms with Gasteiger partial charge in [0.05, 0.1) is 25.2 Å². The number of allylic oxidation sites excluding steroid dienone is 6. The van der Waals surface area contributed by atoms with Crippen molar-refractivity contribution in [3.8, 4) is 0 Å². The van der Waals surface area contributed by atoms with Gasteiger partial charge >= 0.3 is 5.97 Å². The number of amides is 1. The molecule has 0 aliphatic heterocycles. The molecule has 65 heavy (non-hydrogen) atoms. The van der Waals surface area contributed by atoms with Crippen molar-refractivity contribution in [2.75, 3.05) is 6.61 Å². The number of rotatable bonds is 52. The van der Waals surface area contributed by atoms with Crippen LogP contribution in [-0.2, 0) is 14.3 Å². The van der Waals surface area contributed by atoms with Crippen LogP contribution in [0.1, 0.15) is 303 Å². The topological polar surface area (TPSA) is 95.9 Å². The summed E-state index contributed by atoms with van der Waals surface area (Å²) in [6.45, 7) is 6.49. The second-order valence-electron chi connectivity index (χ2n) is 19.7. The van der Waals surface area contributed by atoms with Gasteiger partial charge in [0.2, 0.25) is 5.91 Å². The van der Waals surface area contributed by atoms with Crippen LogP contribution in [0.15, 0.2) is 36.5 Å². The maximum atomic E-state index is 13.3. The summed E-state index contributed by atoms with van der Waals surface area (Å²) in [6, 6.07) is -0.703. The molecule has 0 fully saturated rings. The molecule has 0 aromatic carbocycles. The van der Waals surface area contributed by atoms with Gasteiger partial charge in [0.15, 0.2) is 0 Å². The Kier molecular flexibility index (Phi) is 51.5. The van der Waals surface area contributed by atoms with Crippen LogP contribution in [0.25, 0.3) is 0 Å². The molecular weight excluding hydrogens is 803 g/mol. The molecule has 6 heteroatoms. The van der Waals surface area contributed by atoms with Crippen LogP contribution in [0.2, 0.25) is 0 Å². The van der Waals surface area contributed by atoms with Crippen LogP contribution in [-0.4, -0.2) is 46.9 Å². The minimum Gasteiger partial charge on any atom is -0.462 e. The summed E-state index contributed by atoms with van der Waals surface area (Å²) in [5.74, 6) is -0.483. The van der Waals surface area contributed by atoms with Gasteiger partial charge in [-0.1, -0.05) is 263 Å². The molecule has 382 valence electrons. The van der Waals surface area contributed by atoms with Gasteiger partial charge in [0, 0.05) is 6.42 Å². The van der Waals surface area contributed by atoms with Crippen molar-refractivity contribution in [3.05, 3.63) is 36.5 Å². The molecule has 3 atom stereocenters. The lowest BCUT2D eigenvalue weighted by atomic mass is 10.0. The molecule has 0 aliphatic carbocycles. The smallest absolute Gasteiger partial charge is 0.306 e. The zero-order valence-corrected chi connectivity index (χ0v) is 43.6. The van der Waals surface area contributed by atoms with E-state index >= 15 is 0 Å². The van der Waals surface area contributed by atoms with Crippen molar-refractivity contribution in [2.45, 2.75) is 322 Å². The molecule has 0 bridgehead atoms. The minimum absolute atomic E-state index is 0.0731. The van der Waals surface area contributed by atoms with E-state index in [1.807, 2.05) is 0 Å². The van der Waals surface area contributed by atoms with Gasteiger partial charge in [0.1, 0.15) is 6.10 Å². The highest BCUT2D eigenvalue weighted by Gasteiger charge is 2.24. The highest BCUT2D eigenvalue weighted by molar-refractivity contribution is 5.77. The van der Waals surface area contributed by atoms with E-state index in [0.717, 1.165) is 70.6 Å². The molecule has 3 unspecified atom stereocenters. The Morgan fingerprint density at radius 3 is 1.22 bits per heavy atom. The van der Waals surface area contributed by atoms with E-state index in [-0.39, 0.29) is 24.9 Å². The van der Waals surface area contributed by atoms with Crippen LogP contribution in [0.5, 0.6) is 0 Å². The van der Waals surface area contributed by atoms with E-state index in [2.05, 4.69) is 62.5 Å². The fourth-order valence-corrected chi connectivity index (χ4v) is 8.85. The number of aliphatic hydroxyl groups excluding tert-OH is 2. The molecule has 0 rings (SSSR count).